The molecule has 0 saturated heterocycles. The minimum Gasteiger partial charge on any atom is -0.382 e. The zero-order chi connectivity index (χ0) is 15.9. The van der Waals surface area contributed by atoms with Crippen LogP contribution in [0.25, 0.3) is 11.4 Å². The van der Waals surface area contributed by atoms with Crippen molar-refractivity contribution in [2.24, 2.45) is 0 Å². The molecule has 6 heteroatoms. The second kappa shape index (κ2) is 7.42. The molecular weight excluding hydrogens is 290 g/mol. The second-order valence-electron chi connectivity index (χ2n) is 4.89. The number of aromatic nitrogens is 4. The molecule has 3 aromatic heterocycles. The van der Waals surface area contributed by atoms with Crippen LogP contribution >= 0.6 is 0 Å². The van der Waals surface area contributed by atoms with Gasteiger partial charge in [0.05, 0.1) is 29.7 Å². The molecule has 1 N–H and O–H groups in total. The van der Waals surface area contributed by atoms with E-state index in [4.69, 9.17) is 4.74 Å². The van der Waals surface area contributed by atoms with Crippen molar-refractivity contribution in [1.29, 1.82) is 0 Å². The number of hydrogen-bond donors (Lipinski definition) is 1. The summed E-state index contributed by atoms with van der Waals surface area (Å²) in [5, 5.41) is 3.27. The summed E-state index contributed by atoms with van der Waals surface area (Å²) >= 11 is 0. The molecule has 116 valence electrons. The first-order valence-corrected chi connectivity index (χ1v) is 7.27. The van der Waals surface area contributed by atoms with Gasteiger partial charge in [0.25, 0.3) is 0 Å². The van der Waals surface area contributed by atoms with Crippen molar-refractivity contribution in [1.82, 2.24) is 19.9 Å². The van der Waals surface area contributed by atoms with E-state index in [1.54, 1.807) is 25.7 Å². The van der Waals surface area contributed by atoms with Crippen LogP contribution in [0, 0.1) is 0 Å². The average Bonchev–Trinajstić information content (AvgIpc) is 2.63. The lowest BCUT2D eigenvalue weighted by molar-refractivity contribution is 0.185. The fraction of sp³-hybridized carbons (Fsp3) is 0.176. The Labute approximate surface area is 134 Å². The smallest absolute Gasteiger partial charge is 0.223 e. The molecule has 0 amide bonds. The minimum atomic E-state index is -0.125. The van der Waals surface area contributed by atoms with E-state index >= 15 is 0 Å². The molecule has 23 heavy (non-hydrogen) atoms. The first-order valence-electron chi connectivity index (χ1n) is 7.27. The SMILES string of the molecule is COC[C@@H](Nc1nccc(-c2ccccn2)n1)c1ccccn1. The second-order valence-corrected chi connectivity index (χ2v) is 4.89. The van der Waals surface area contributed by atoms with Crippen LogP contribution in [-0.2, 0) is 4.74 Å². The zero-order valence-corrected chi connectivity index (χ0v) is 12.8. The van der Waals surface area contributed by atoms with E-state index in [1.807, 2.05) is 42.5 Å². The van der Waals surface area contributed by atoms with Gasteiger partial charge in [-0.2, -0.15) is 0 Å². The summed E-state index contributed by atoms with van der Waals surface area (Å²) in [7, 11) is 1.66. The Hall–Kier alpha value is -2.86. The minimum absolute atomic E-state index is 0.125. The van der Waals surface area contributed by atoms with Gasteiger partial charge in [-0.15, -0.1) is 0 Å². The number of nitrogens with one attached hydrogen (secondary N) is 1. The molecule has 0 aromatic carbocycles. The number of rotatable bonds is 6. The van der Waals surface area contributed by atoms with Crippen molar-refractivity contribution in [2.45, 2.75) is 6.04 Å². The van der Waals surface area contributed by atoms with E-state index in [9.17, 15) is 0 Å². The third-order valence-electron chi connectivity index (χ3n) is 3.26. The van der Waals surface area contributed by atoms with E-state index in [0.717, 1.165) is 17.1 Å². The zero-order valence-electron chi connectivity index (χ0n) is 12.8. The third kappa shape index (κ3) is 3.87. The molecule has 0 aliphatic heterocycles. The maximum absolute atomic E-state index is 5.28. The first-order chi connectivity index (χ1) is 11.4. The summed E-state index contributed by atoms with van der Waals surface area (Å²) in [6.45, 7) is 0.466. The highest BCUT2D eigenvalue weighted by molar-refractivity contribution is 5.54. The van der Waals surface area contributed by atoms with Gasteiger partial charge >= 0.3 is 0 Å². The lowest BCUT2D eigenvalue weighted by atomic mass is 10.2. The fourth-order valence-corrected chi connectivity index (χ4v) is 2.19. The quantitative estimate of drug-likeness (QED) is 0.755. The predicted octanol–water partition coefficient (Wildman–Crippen LogP) is 2.73. The Kier molecular flexibility index (Phi) is 4.85. The molecule has 1 atom stereocenters. The number of hydrogen-bond acceptors (Lipinski definition) is 6. The van der Waals surface area contributed by atoms with Crippen molar-refractivity contribution in [3.63, 3.8) is 0 Å². The van der Waals surface area contributed by atoms with Crippen LogP contribution in [0.4, 0.5) is 5.95 Å². The summed E-state index contributed by atoms with van der Waals surface area (Å²) in [5.74, 6) is 0.515. The molecule has 0 aliphatic carbocycles. The molecule has 0 bridgehead atoms. The molecular formula is C17H17N5O. The Morgan fingerprint density at radius 1 is 0.913 bits per heavy atom. The number of ether oxygens (including phenoxy) is 1. The summed E-state index contributed by atoms with van der Waals surface area (Å²) in [4.78, 5) is 17.5. The molecule has 6 nitrogen and oxygen atoms in total. The molecule has 0 unspecified atom stereocenters. The van der Waals surface area contributed by atoms with Crippen molar-refractivity contribution in [3.05, 3.63) is 66.7 Å². The van der Waals surface area contributed by atoms with Gasteiger partial charge in [0.2, 0.25) is 5.95 Å². The first kappa shape index (κ1) is 15.1. The number of pyridine rings is 2. The van der Waals surface area contributed by atoms with Crippen LogP contribution < -0.4 is 5.32 Å². The molecule has 0 aliphatic rings. The van der Waals surface area contributed by atoms with Crippen LogP contribution in [0.2, 0.25) is 0 Å². The Bertz CT molecular complexity index is 736. The standard InChI is InChI=1S/C17H17N5O/c1-23-12-16(14-7-3-5-10-19-14)22-17-20-11-8-15(21-17)13-6-2-4-9-18-13/h2-11,16H,12H2,1H3,(H,20,21,22)/t16-/m1/s1. The van der Waals surface area contributed by atoms with E-state index in [2.05, 4.69) is 25.3 Å². The van der Waals surface area contributed by atoms with Gasteiger partial charge in [-0.25, -0.2) is 9.97 Å². The lowest BCUT2D eigenvalue weighted by Gasteiger charge is -2.17. The van der Waals surface area contributed by atoms with Crippen molar-refractivity contribution >= 4 is 5.95 Å². The third-order valence-corrected chi connectivity index (χ3v) is 3.26. The van der Waals surface area contributed by atoms with E-state index < -0.39 is 0 Å². The topological polar surface area (TPSA) is 72.8 Å². The molecule has 0 radical (unpaired) electrons. The Balaban J connectivity index is 1.84. The van der Waals surface area contributed by atoms with Crippen LogP contribution in [0.15, 0.2) is 61.1 Å². The number of methoxy groups -OCH3 is 1. The maximum atomic E-state index is 5.28. The van der Waals surface area contributed by atoms with Crippen molar-refractivity contribution in [2.75, 3.05) is 19.0 Å². The molecule has 3 aromatic rings. The maximum Gasteiger partial charge on any atom is 0.223 e. The summed E-state index contributed by atoms with van der Waals surface area (Å²) in [5.41, 5.74) is 2.44. The van der Waals surface area contributed by atoms with Gasteiger partial charge in [0.1, 0.15) is 0 Å². The van der Waals surface area contributed by atoms with Crippen LogP contribution in [0.5, 0.6) is 0 Å². The van der Waals surface area contributed by atoms with Crippen molar-refractivity contribution < 1.29 is 4.74 Å². The number of anilines is 1. The normalized spacial score (nSPS) is 11.9. The lowest BCUT2D eigenvalue weighted by Crippen LogP contribution is -2.19. The van der Waals surface area contributed by atoms with Crippen LogP contribution in [-0.4, -0.2) is 33.7 Å². The van der Waals surface area contributed by atoms with Gasteiger partial charge in [0, 0.05) is 25.7 Å². The summed E-state index contributed by atoms with van der Waals surface area (Å²) in [6.07, 6.45) is 5.21. The van der Waals surface area contributed by atoms with Gasteiger partial charge in [-0.3, -0.25) is 9.97 Å². The summed E-state index contributed by atoms with van der Waals surface area (Å²) in [6, 6.07) is 13.2. The largest absolute Gasteiger partial charge is 0.382 e. The number of nitrogens with zero attached hydrogens (tertiary/aromatic N) is 4. The fourth-order valence-electron chi connectivity index (χ4n) is 2.19. The molecule has 0 saturated carbocycles. The van der Waals surface area contributed by atoms with Gasteiger partial charge < -0.3 is 10.1 Å². The highest BCUT2D eigenvalue weighted by Crippen LogP contribution is 2.18. The van der Waals surface area contributed by atoms with Gasteiger partial charge in [-0.1, -0.05) is 12.1 Å². The molecule has 3 rings (SSSR count). The Morgan fingerprint density at radius 2 is 1.74 bits per heavy atom. The monoisotopic (exact) mass is 307 g/mol. The highest BCUT2D eigenvalue weighted by atomic mass is 16.5. The predicted molar refractivity (Wildman–Crippen MR) is 87.7 cm³/mol. The molecule has 0 fully saturated rings. The van der Waals surface area contributed by atoms with Crippen LogP contribution in [0.3, 0.4) is 0 Å². The Morgan fingerprint density at radius 3 is 2.43 bits per heavy atom. The molecule has 0 spiro atoms. The van der Waals surface area contributed by atoms with Crippen molar-refractivity contribution in [3.8, 4) is 11.4 Å². The summed E-state index contributed by atoms with van der Waals surface area (Å²) < 4.78 is 5.28. The van der Waals surface area contributed by atoms with E-state index in [1.165, 1.54) is 0 Å². The average molecular weight is 307 g/mol. The van der Waals surface area contributed by atoms with Gasteiger partial charge in [-0.05, 0) is 30.3 Å². The molecule has 3 heterocycles. The van der Waals surface area contributed by atoms with E-state index in [-0.39, 0.29) is 6.04 Å². The highest BCUT2D eigenvalue weighted by Gasteiger charge is 2.14. The van der Waals surface area contributed by atoms with Gasteiger partial charge in [0.15, 0.2) is 0 Å². The van der Waals surface area contributed by atoms with Crippen LogP contribution in [0.1, 0.15) is 11.7 Å². The van der Waals surface area contributed by atoms with E-state index in [0.29, 0.717) is 12.6 Å².